The van der Waals surface area contributed by atoms with Crippen LogP contribution in [0.25, 0.3) is 11.4 Å². The molecule has 1 aliphatic rings. The lowest BCUT2D eigenvalue weighted by Crippen LogP contribution is -2.41. The molecule has 160 valence electrons. The molecule has 1 amide bonds. The van der Waals surface area contributed by atoms with Crippen molar-refractivity contribution in [3.63, 3.8) is 0 Å². The van der Waals surface area contributed by atoms with Crippen LogP contribution in [0.4, 0.5) is 5.69 Å². The maximum atomic E-state index is 13.3. The van der Waals surface area contributed by atoms with Crippen LogP contribution in [0.5, 0.6) is 5.75 Å². The number of benzene rings is 3. The van der Waals surface area contributed by atoms with E-state index in [-0.39, 0.29) is 11.9 Å². The highest BCUT2D eigenvalue weighted by Crippen LogP contribution is 2.39. The van der Waals surface area contributed by atoms with Gasteiger partial charge in [0.2, 0.25) is 11.1 Å². The zero-order valence-corrected chi connectivity index (χ0v) is 18.1. The molecule has 8 heteroatoms. The van der Waals surface area contributed by atoms with E-state index in [1.54, 1.807) is 7.11 Å². The fourth-order valence-corrected chi connectivity index (χ4v) is 4.71. The number of rotatable bonds is 5. The Kier molecular flexibility index (Phi) is 5.51. The number of nitrogens with zero attached hydrogens (tertiary/aromatic N) is 3. The van der Waals surface area contributed by atoms with Gasteiger partial charge >= 0.3 is 0 Å². The molecule has 7 nitrogen and oxygen atoms in total. The van der Waals surface area contributed by atoms with Crippen molar-refractivity contribution in [2.45, 2.75) is 16.4 Å². The highest BCUT2D eigenvalue weighted by Gasteiger charge is 2.38. The fourth-order valence-electron chi connectivity index (χ4n) is 3.63. The third kappa shape index (κ3) is 3.92. The predicted octanol–water partition coefficient (Wildman–Crippen LogP) is 4.35. The summed E-state index contributed by atoms with van der Waals surface area (Å²) in [5, 5.41) is 11.9. The number of aromatic nitrogens is 3. The van der Waals surface area contributed by atoms with E-state index < -0.39 is 5.25 Å². The second-order valence-electron chi connectivity index (χ2n) is 7.28. The van der Waals surface area contributed by atoms with Crippen molar-refractivity contribution < 1.29 is 9.53 Å². The number of para-hydroxylation sites is 1. The van der Waals surface area contributed by atoms with Crippen LogP contribution in [-0.4, -0.2) is 33.1 Å². The minimum atomic E-state index is -0.455. The van der Waals surface area contributed by atoms with E-state index in [0.29, 0.717) is 11.0 Å². The zero-order valence-electron chi connectivity index (χ0n) is 17.3. The Morgan fingerprint density at radius 2 is 1.66 bits per heavy atom. The molecule has 0 bridgehead atoms. The molecule has 2 atom stereocenters. The number of thioether (sulfide) groups is 1. The molecule has 0 spiro atoms. The number of fused-ring (bicyclic) bond motifs is 1. The Morgan fingerprint density at radius 1 is 0.969 bits per heavy atom. The Labute approximate surface area is 189 Å². The molecule has 32 heavy (non-hydrogen) atoms. The van der Waals surface area contributed by atoms with Crippen LogP contribution in [0, 0.1) is 0 Å². The molecule has 1 aromatic heterocycles. The second-order valence-corrected chi connectivity index (χ2v) is 8.39. The summed E-state index contributed by atoms with van der Waals surface area (Å²) in [6.07, 6.45) is 0. The smallest absolute Gasteiger partial charge is 0.240 e. The summed E-state index contributed by atoms with van der Waals surface area (Å²) < 4.78 is 7.16. The Hall–Kier alpha value is -3.78. The molecule has 3 aromatic carbocycles. The van der Waals surface area contributed by atoms with E-state index >= 15 is 0 Å². The summed E-state index contributed by atoms with van der Waals surface area (Å²) in [6.45, 7) is 0. The van der Waals surface area contributed by atoms with Crippen molar-refractivity contribution in [1.82, 2.24) is 14.9 Å². The van der Waals surface area contributed by atoms with Gasteiger partial charge in [0.25, 0.3) is 0 Å². The lowest BCUT2D eigenvalue weighted by atomic mass is 10.0. The Bertz CT molecular complexity index is 1210. The van der Waals surface area contributed by atoms with Gasteiger partial charge in [-0.15, -0.1) is 10.2 Å². The van der Waals surface area contributed by atoms with Gasteiger partial charge in [0.05, 0.1) is 13.2 Å². The van der Waals surface area contributed by atoms with Gasteiger partial charge in [0, 0.05) is 11.3 Å². The molecule has 2 N–H and O–H groups in total. The SMILES string of the molecule is COc1ccc([C@H]2Nn3c(nnc3-c3ccccc3)S[C@H]2C(=O)Nc2ccccc2)cc1. The van der Waals surface area contributed by atoms with E-state index in [1.165, 1.54) is 11.8 Å². The molecule has 2 heterocycles. The number of hydrogen-bond acceptors (Lipinski definition) is 6. The van der Waals surface area contributed by atoms with Crippen LogP contribution in [0.15, 0.2) is 90.1 Å². The highest BCUT2D eigenvalue weighted by molar-refractivity contribution is 8.00. The van der Waals surface area contributed by atoms with Gasteiger partial charge < -0.3 is 15.5 Å². The lowest BCUT2D eigenvalue weighted by molar-refractivity contribution is -0.116. The van der Waals surface area contributed by atoms with Gasteiger partial charge in [0.15, 0.2) is 5.82 Å². The number of amides is 1. The topological polar surface area (TPSA) is 81.1 Å². The van der Waals surface area contributed by atoms with Crippen LogP contribution in [0.1, 0.15) is 11.6 Å². The van der Waals surface area contributed by atoms with Gasteiger partial charge in [-0.2, -0.15) is 0 Å². The molecular formula is C24H21N5O2S. The average molecular weight is 444 g/mol. The van der Waals surface area contributed by atoms with Crippen molar-refractivity contribution in [1.29, 1.82) is 0 Å². The molecular weight excluding hydrogens is 422 g/mol. The molecule has 0 saturated carbocycles. The lowest BCUT2D eigenvalue weighted by Gasteiger charge is -2.33. The summed E-state index contributed by atoms with van der Waals surface area (Å²) in [4.78, 5) is 13.3. The molecule has 0 radical (unpaired) electrons. The van der Waals surface area contributed by atoms with Crippen molar-refractivity contribution in [2.75, 3.05) is 17.9 Å². The Morgan fingerprint density at radius 3 is 2.34 bits per heavy atom. The number of anilines is 1. The van der Waals surface area contributed by atoms with Gasteiger partial charge in [-0.1, -0.05) is 72.4 Å². The maximum absolute atomic E-state index is 13.3. The first-order valence-electron chi connectivity index (χ1n) is 10.2. The van der Waals surface area contributed by atoms with Crippen LogP contribution in [0.3, 0.4) is 0 Å². The van der Waals surface area contributed by atoms with Crippen molar-refractivity contribution >= 4 is 23.4 Å². The summed E-state index contributed by atoms with van der Waals surface area (Å²) in [5.41, 5.74) is 6.14. The van der Waals surface area contributed by atoms with E-state index in [1.807, 2.05) is 89.6 Å². The van der Waals surface area contributed by atoms with Crippen molar-refractivity contribution in [2.24, 2.45) is 0 Å². The number of ether oxygens (including phenoxy) is 1. The van der Waals surface area contributed by atoms with Crippen LogP contribution in [-0.2, 0) is 4.79 Å². The normalized spacial score (nSPS) is 17.2. The maximum Gasteiger partial charge on any atom is 0.240 e. The second kappa shape index (κ2) is 8.76. The first-order chi connectivity index (χ1) is 15.7. The zero-order chi connectivity index (χ0) is 21.9. The molecule has 1 aliphatic heterocycles. The highest BCUT2D eigenvalue weighted by atomic mass is 32.2. The van der Waals surface area contributed by atoms with E-state index in [2.05, 4.69) is 20.9 Å². The molecule has 0 saturated heterocycles. The third-order valence-corrected chi connectivity index (χ3v) is 6.46. The Balaban J connectivity index is 1.51. The summed E-state index contributed by atoms with van der Waals surface area (Å²) >= 11 is 1.40. The van der Waals surface area contributed by atoms with Crippen LogP contribution in [0.2, 0.25) is 0 Å². The summed E-state index contributed by atoms with van der Waals surface area (Å²) in [6, 6.07) is 26.7. The monoisotopic (exact) mass is 443 g/mol. The minimum absolute atomic E-state index is 0.106. The first kappa shape index (κ1) is 20.1. The van der Waals surface area contributed by atoms with Crippen molar-refractivity contribution in [3.05, 3.63) is 90.5 Å². The first-order valence-corrected chi connectivity index (χ1v) is 11.0. The summed E-state index contributed by atoms with van der Waals surface area (Å²) in [7, 11) is 1.63. The van der Waals surface area contributed by atoms with E-state index in [0.717, 1.165) is 22.6 Å². The standard InChI is InChI=1S/C24H21N5O2S/c1-31-19-14-12-16(13-15-19)20-21(23(30)25-18-10-6-3-7-11-18)32-24-27-26-22(29(24)28-20)17-8-4-2-5-9-17/h2-15,20-21,28H,1H3,(H,25,30)/t20-,21-/m1/s1. The third-order valence-electron chi connectivity index (χ3n) is 5.24. The minimum Gasteiger partial charge on any atom is -0.497 e. The van der Waals surface area contributed by atoms with Crippen molar-refractivity contribution in [3.8, 4) is 17.1 Å². The molecule has 5 rings (SSSR count). The molecule has 0 unspecified atom stereocenters. The largest absolute Gasteiger partial charge is 0.497 e. The van der Waals surface area contributed by atoms with Crippen LogP contribution < -0.4 is 15.5 Å². The van der Waals surface area contributed by atoms with Gasteiger partial charge in [0.1, 0.15) is 11.0 Å². The molecule has 0 fully saturated rings. The van der Waals surface area contributed by atoms with Crippen LogP contribution >= 0.6 is 11.8 Å². The van der Waals surface area contributed by atoms with Gasteiger partial charge in [-0.25, -0.2) is 4.68 Å². The number of carbonyl (C=O) groups excluding carboxylic acids is 1. The fraction of sp³-hybridized carbons (Fsp3) is 0.125. The predicted molar refractivity (Wildman–Crippen MR) is 125 cm³/mol. The molecule has 4 aromatic rings. The van der Waals surface area contributed by atoms with E-state index in [9.17, 15) is 4.79 Å². The van der Waals surface area contributed by atoms with E-state index in [4.69, 9.17) is 4.74 Å². The number of methoxy groups -OCH3 is 1. The van der Waals surface area contributed by atoms with Gasteiger partial charge in [-0.3, -0.25) is 4.79 Å². The summed E-state index contributed by atoms with van der Waals surface area (Å²) in [5.74, 6) is 1.36. The molecule has 0 aliphatic carbocycles. The average Bonchev–Trinajstić information content (AvgIpc) is 3.27. The van der Waals surface area contributed by atoms with Gasteiger partial charge in [-0.05, 0) is 29.8 Å². The quantitative estimate of drug-likeness (QED) is 0.477. The number of hydrogen-bond donors (Lipinski definition) is 2. The number of carbonyl (C=O) groups is 1. The number of nitrogens with one attached hydrogen (secondary N) is 2.